The van der Waals surface area contributed by atoms with Crippen LogP contribution in [0, 0.1) is 0 Å². The molecule has 2 rings (SSSR count). The van der Waals surface area contributed by atoms with Gasteiger partial charge in [0.05, 0.1) is 0 Å². The summed E-state index contributed by atoms with van der Waals surface area (Å²) in [5, 5.41) is -3.99. The molecule has 0 saturated heterocycles. The van der Waals surface area contributed by atoms with E-state index in [1.54, 1.807) is 12.4 Å². The number of anilines is 2. The van der Waals surface area contributed by atoms with Gasteiger partial charge in [0.25, 0.3) is 0 Å². The molecule has 0 aliphatic carbocycles. The minimum absolute atomic E-state index is 0.124. The molecule has 2 aromatic rings. The van der Waals surface area contributed by atoms with Gasteiger partial charge in [-0.1, -0.05) is 57.6 Å². The van der Waals surface area contributed by atoms with Crippen molar-refractivity contribution in [2.24, 2.45) is 0 Å². The van der Waals surface area contributed by atoms with E-state index < -0.39 is 21.8 Å². The monoisotopic (exact) mass is 444 g/mol. The topological polar surface area (TPSA) is 104 Å². The molecule has 0 saturated carbocycles. The number of halogens is 2. The van der Waals surface area contributed by atoms with Crippen molar-refractivity contribution in [3.8, 4) is 0 Å². The fourth-order valence-electron chi connectivity index (χ4n) is 2.42. The van der Waals surface area contributed by atoms with Crippen LogP contribution in [0.1, 0.15) is 58.3 Å². The van der Waals surface area contributed by atoms with Crippen molar-refractivity contribution < 1.29 is 21.8 Å². The molecule has 0 atom stereocenters. The summed E-state index contributed by atoms with van der Waals surface area (Å²) in [5.41, 5.74) is 5.87. The number of nitrogens with one attached hydrogen (secondary N) is 2. The van der Waals surface area contributed by atoms with E-state index in [-0.39, 0.29) is 6.42 Å². The van der Waals surface area contributed by atoms with Crippen LogP contribution in [-0.2, 0) is 10.1 Å². The van der Waals surface area contributed by atoms with Crippen molar-refractivity contribution in [3.05, 3.63) is 48.8 Å². The SMILES string of the molecule is CCCCCCCCCC(F)(F)S(=O)(=O)O.c1ccc(NNc2ccccn2)nc1. The molecule has 0 amide bonds. The highest BCUT2D eigenvalue weighted by Crippen LogP contribution is 2.27. The summed E-state index contributed by atoms with van der Waals surface area (Å²) in [5.74, 6) is 1.52. The van der Waals surface area contributed by atoms with Crippen LogP contribution in [-0.4, -0.2) is 28.2 Å². The fourth-order valence-corrected chi connectivity index (χ4v) is 2.82. The number of hydrazine groups is 1. The Morgan fingerprint density at radius 2 is 1.33 bits per heavy atom. The maximum atomic E-state index is 12.7. The molecule has 2 heterocycles. The van der Waals surface area contributed by atoms with E-state index in [4.69, 9.17) is 4.55 Å². The molecule has 10 heteroatoms. The zero-order valence-corrected chi connectivity index (χ0v) is 17.9. The maximum Gasteiger partial charge on any atom is 0.370 e. The zero-order chi connectivity index (χ0) is 22.3. The largest absolute Gasteiger partial charge is 0.370 e. The smallest absolute Gasteiger partial charge is 0.283 e. The third-order valence-electron chi connectivity index (χ3n) is 4.10. The molecule has 0 spiro atoms. The van der Waals surface area contributed by atoms with E-state index in [9.17, 15) is 17.2 Å². The van der Waals surface area contributed by atoms with Crippen molar-refractivity contribution >= 4 is 21.8 Å². The molecule has 7 nitrogen and oxygen atoms in total. The molecule has 168 valence electrons. The third-order valence-corrected chi connectivity index (χ3v) is 5.06. The van der Waals surface area contributed by atoms with Gasteiger partial charge >= 0.3 is 15.4 Å². The molecule has 0 radical (unpaired) electrons. The predicted molar refractivity (Wildman–Crippen MR) is 115 cm³/mol. The summed E-state index contributed by atoms with van der Waals surface area (Å²) in [6.45, 7) is 2.09. The first-order valence-corrected chi connectivity index (χ1v) is 11.4. The Balaban J connectivity index is 0.000000301. The molecular formula is C20H30F2N4O3S. The van der Waals surface area contributed by atoms with Gasteiger partial charge in [0.2, 0.25) is 0 Å². The predicted octanol–water partition coefficient (Wildman–Crippen LogP) is 5.52. The molecule has 0 aliphatic heterocycles. The van der Waals surface area contributed by atoms with Gasteiger partial charge in [0.15, 0.2) is 0 Å². The molecule has 0 bridgehead atoms. The average molecular weight is 445 g/mol. The quantitative estimate of drug-likeness (QED) is 0.225. The van der Waals surface area contributed by atoms with Crippen LogP contribution in [0.5, 0.6) is 0 Å². The van der Waals surface area contributed by atoms with Gasteiger partial charge < -0.3 is 0 Å². The van der Waals surface area contributed by atoms with Gasteiger partial charge in [0.1, 0.15) is 11.6 Å². The molecule has 0 aliphatic rings. The van der Waals surface area contributed by atoms with Gasteiger partial charge in [-0.15, -0.1) is 0 Å². The van der Waals surface area contributed by atoms with Crippen molar-refractivity contribution in [1.82, 2.24) is 9.97 Å². The number of nitrogens with zero attached hydrogens (tertiary/aromatic N) is 2. The van der Waals surface area contributed by atoms with Crippen molar-refractivity contribution in [2.75, 3.05) is 10.9 Å². The van der Waals surface area contributed by atoms with Gasteiger partial charge in [-0.3, -0.25) is 15.4 Å². The standard InChI is InChI=1S/C10H20F2O3S.C10H10N4/c1-2-3-4-5-6-7-8-9-10(11,12)16(13,14)15;1-3-7-11-9(5-1)13-14-10-6-2-4-8-12-10/h2-9H2,1H3,(H,13,14,15);1-8H,(H,11,13)(H,12,14). The Kier molecular flexibility index (Phi) is 11.8. The van der Waals surface area contributed by atoms with E-state index in [0.717, 1.165) is 43.7 Å². The fraction of sp³-hybridized carbons (Fsp3) is 0.500. The molecule has 0 fully saturated rings. The summed E-state index contributed by atoms with van der Waals surface area (Å²) in [6, 6.07) is 11.3. The van der Waals surface area contributed by atoms with Crippen LogP contribution in [0.2, 0.25) is 0 Å². The molecule has 3 N–H and O–H groups in total. The first-order valence-electron chi connectivity index (χ1n) is 9.95. The number of hydrogen-bond donors (Lipinski definition) is 3. The van der Waals surface area contributed by atoms with Crippen LogP contribution >= 0.6 is 0 Å². The summed E-state index contributed by atoms with van der Waals surface area (Å²) >= 11 is 0. The number of aromatic nitrogens is 2. The van der Waals surface area contributed by atoms with E-state index in [0.29, 0.717) is 6.42 Å². The zero-order valence-electron chi connectivity index (χ0n) is 17.1. The van der Waals surface area contributed by atoms with Gasteiger partial charge in [-0.05, 0) is 30.7 Å². The van der Waals surface area contributed by atoms with Crippen molar-refractivity contribution in [3.63, 3.8) is 0 Å². The number of alkyl halides is 2. The summed E-state index contributed by atoms with van der Waals surface area (Å²) < 4.78 is 54.2. The van der Waals surface area contributed by atoms with Crippen molar-refractivity contribution in [2.45, 2.75) is 63.5 Å². The average Bonchev–Trinajstić information content (AvgIpc) is 2.73. The number of unbranched alkanes of at least 4 members (excludes halogenated alkanes) is 6. The Morgan fingerprint density at radius 3 is 1.73 bits per heavy atom. The van der Waals surface area contributed by atoms with E-state index >= 15 is 0 Å². The summed E-state index contributed by atoms with van der Waals surface area (Å²) in [4.78, 5) is 8.18. The van der Waals surface area contributed by atoms with Crippen LogP contribution in [0.3, 0.4) is 0 Å². The Morgan fingerprint density at radius 1 is 0.867 bits per heavy atom. The second-order valence-electron chi connectivity index (χ2n) is 6.66. The second kappa shape index (κ2) is 13.8. The van der Waals surface area contributed by atoms with Gasteiger partial charge in [-0.25, -0.2) is 9.97 Å². The molecular weight excluding hydrogens is 414 g/mol. The number of pyridine rings is 2. The Bertz CT molecular complexity index is 755. The minimum atomic E-state index is -5.24. The molecule has 0 aromatic carbocycles. The number of hydrogen-bond acceptors (Lipinski definition) is 6. The second-order valence-corrected chi connectivity index (χ2v) is 8.21. The molecule has 2 aromatic heterocycles. The van der Waals surface area contributed by atoms with Crippen molar-refractivity contribution in [1.29, 1.82) is 0 Å². The lowest BCUT2D eigenvalue weighted by Crippen LogP contribution is -2.27. The van der Waals surface area contributed by atoms with Gasteiger partial charge in [0, 0.05) is 18.8 Å². The van der Waals surface area contributed by atoms with Crippen LogP contribution < -0.4 is 10.9 Å². The van der Waals surface area contributed by atoms with Crippen LogP contribution in [0.25, 0.3) is 0 Å². The summed E-state index contributed by atoms with van der Waals surface area (Å²) in [6.07, 6.45) is 8.54. The molecule has 30 heavy (non-hydrogen) atoms. The lowest BCUT2D eigenvalue weighted by molar-refractivity contribution is 0.0683. The highest BCUT2D eigenvalue weighted by Gasteiger charge is 2.42. The Labute approximate surface area is 177 Å². The maximum absolute atomic E-state index is 12.7. The lowest BCUT2D eigenvalue weighted by Gasteiger charge is -2.12. The Hall–Kier alpha value is -2.33. The van der Waals surface area contributed by atoms with E-state index in [1.165, 1.54) is 0 Å². The normalized spacial score (nSPS) is 11.3. The third kappa shape index (κ3) is 11.0. The first-order chi connectivity index (χ1) is 14.3. The first kappa shape index (κ1) is 25.7. The van der Waals surface area contributed by atoms with Crippen LogP contribution in [0.15, 0.2) is 48.8 Å². The summed E-state index contributed by atoms with van der Waals surface area (Å²) in [7, 11) is -5.24. The molecule has 0 unspecified atom stereocenters. The van der Waals surface area contributed by atoms with Crippen LogP contribution in [0.4, 0.5) is 20.4 Å². The van der Waals surface area contributed by atoms with E-state index in [1.807, 2.05) is 36.4 Å². The van der Waals surface area contributed by atoms with E-state index in [2.05, 4.69) is 27.7 Å². The highest BCUT2D eigenvalue weighted by atomic mass is 32.2. The lowest BCUT2D eigenvalue weighted by atomic mass is 10.1. The minimum Gasteiger partial charge on any atom is -0.283 e. The number of rotatable bonds is 12. The van der Waals surface area contributed by atoms with Gasteiger partial charge in [-0.2, -0.15) is 17.2 Å². The highest BCUT2D eigenvalue weighted by molar-refractivity contribution is 7.86.